The SMILES string of the molecule is C=C1Nc2ccccc2C2C=CC=CC2C1NC(=C)C(C)(C)C(=C)C. The molecular formula is C23H28N2. The number of para-hydroxylation sites is 1. The third kappa shape index (κ3) is 3.09. The van der Waals surface area contributed by atoms with Gasteiger partial charge in [0.1, 0.15) is 0 Å². The summed E-state index contributed by atoms with van der Waals surface area (Å²) in [4.78, 5) is 0. The summed E-state index contributed by atoms with van der Waals surface area (Å²) in [6, 6.07) is 8.55. The minimum absolute atomic E-state index is 0.0599. The molecule has 0 bridgehead atoms. The first-order chi connectivity index (χ1) is 11.8. The smallest absolute Gasteiger partial charge is 0.0725 e. The molecule has 1 aliphatic heterocycles. The molecular weight excluding hydrogens is 304 g/mol. The van der Waals surface area contributed by atoms with E-state index < -0.39 is 0 Å². The monoisotopic (exact) mass is 332 g/mol. The van der Waals surface area contributed by atoms with Gasteiger partial charge in [0.15, 0.2) is 0 Å². The van der Waals surface area contributed by atoms with Gasteiger partial charge in [-0.05, 0) is 18.6 Å². The topological polar surface area (TPSA) is 24.1 Å². The Morgan fingerprint density at radius 1 is 1.12 bits per heavy atom. The number of anilines is 1. The van der Waals surface area contributed by atoms with E-state index in [9.17, 15) is 0 Å². The van der Waals surface area contributed by atoms with Gasteiger partial charge in [-0.25, -0.2) is 0 Å². The normalized spacial score (nSPS) is 24.6. The van der Waals surface area contributed by atoms with Crippen LogP contribution in [0.3, 0.4) is 0 Å². The van der Waals surface area contributed by atoms with Gasteiger partial charge < -0.3 is 10.6 Å². The number of benzene rings is 1. The highest BCUT2D eigenvalue weighted by molar-refractivity contribution is 5.61. The van der Waals surface area contributed by atoms with Gasteiger partial charge >= 0.3 is 0 Å². The Hall–Kier alpha value is -2.48. The highest BCUT2D eigenvalue weighted by atomic mass is 15.0. The van der Waals surface area contributed by atoms with Crippen LogP contribution in [0, 0.1) is 11.3 Å². The Labute approximate surface area is 151 Å². The van der Waals surface area contributed by atoms with E-state index >= 15 is 0 Å². The fourth-order valence-electron chi connectivity index (χ4n) is 3.45. The third-order valence-corrected chi connectivity index (χ3v) is 5.70. The second-order valence-electron chi connectivity index (χ2n) is 7.62. The summed E-state index contributed by atoms with van der Waals surface area (Å²) in [5, 5.41) is 7.19. The number of nitrogens with one attached hydrogen (secondary N) is 2. The second kappa shape index (κ2) is 6.44. The zero-order chi connectivity index (χ0) is 18.2. The third-order valence-electron chi connectivity index (χ3n) is 5.70. The minimum Gasteiger partial charge on any atom is -0.379 e. The molecule has 0 fully saturated rings. The molecule has 2 N–H and O–H groups in total. The van der Waals surface area contributed by atoms with Crippen molar-refractivity contribution in [2.75, 3.05) is 5.32 Å². The molecule has 2 nitrogen and oxygen atoms in total. The van der Waals surface area contributed by atoms with E-state index in [4.69, 9.17) is 0 Å². The molecule has 0 spiro atoms. The number of hydrogen-bond donors (Lipinski definition) is 2. The van der Waals surface area contributed by atoms with Crippen LogP contribution in [-0.2, 0) is 0 Å². The van der Waals surface area contributed by atoms with Crippen molar-refractivity contribution < 1.29 is 0 Å². The van der Waals surface area contributed by atoms with Gasteiger partial charge in [-0.3, -0.25) is 0 Å². The van der Waals surface area contributed by atoms with E-state index in [1.165, 1.54) is 5.56 Å². The number of fused-ring (bicyclic) bond motifs is 3. The maximum absolute atomic E-state index is 4.33. The standard InChI is InChI=1S/C23H28N2/c1-15(2)23(5,6)17(4)25-22-16(3)24-21-14-10-9-12-19(21)18-11-7-8-13-20(18)22/h7-14,18,20,22,24-25H,1,3-4H2,2,5-6H3. The van der Waals surface area contributed by atoms with Crippen molar-refractivity contribution in [3.63, 3.8) is 0 Å². The second-order valence-corrected chi connectivity index (χ2v) is 7.62. The summed E-state index contributed by atoms with van der Waals surface area (Å²) in [5.41, 5.74) is 5.30. The molecule has 0 saturated heterocycles. The van der Waals surface area contributed by atoms with Gasteiger partial charge in [0.25, 0.3) is 0 Å². The van der Waals surface area contributed by atoms with Crippen LogP contribution in [0.2, 0.25) is 0 Å². The summed E-state index contributed by atoms with van der Waals surface area (Å²) in [6.07, 6.45) is 8.82. The summed E-state index contributed by atoms with van der Waals surface area (Å²) in [7, 11) is 0. The molecule has 0 aromatic heterocycles. The van der Waals surface area contributed by atoms with Gasteiger partial charge in [-0.15, -0.1) is 0 Å². The zero-order valence-corrected chi connectivity index (χ0v) is 15.5. The van der Waals surface area contributed by atoms with E-state index in [-0.39, 0.29) is 17.4 Å². The maximum Gasteiger partial charge on any atom is 0.0725 e. The molecule has 0 amide bonds. The Kier molecular flexibility index (Phi) is 4.47. The molecule has 3 unspecified atom stereocenters. The Morgan fingerprint density at radius 3 is 2.52 bits per heavy atom. The Balaban J connectivity index is 1.97. The van der Waals surface area contributed by atoms with E-state index in [1.54, 1.807) is 0 Å². The van der Waals surface area contributed by atoms with Crippen molar-refractivity contribution in [1.82, 2.24) is 5.32 Å². The first-order valence-corrected chi connectivity index (χ1v) is 8.84. The van der Waals surface area contributed by atoms with Gasteiger partial charge in [-0.1, -0.05) is 81.7 Å². The van der Waals surface area contributed by atoms with Gasteiger partial charge in [0.2, 0.25) is 0 Å². The van der Waals surface area contributed by atoms with Crippen molar-refractivity contribution in [1.29, 1.82) is 0 Å². The molecule has 0 saturated carbocycles. The van der Waals surface area contributed by atoms with Crippen LogP contribution in [0.4, 0.5) is 5.69 Å². The fraction of sp³-hybridized carbons (Fsp3) is 0.304. The molecule has 25 heavy (non-hydrogen) atoms. The van der Waals surface area contributed by atoms with Crippen LogP contribution in [0.25, 0.3) is 0 Å². The largest absolute Gasteiger partial charge is 0.379 e. The number of hydrogen-bond acceptors (Lipinski definition) is 2. The quantitative estimate of drug-likeness (QED) is 0.709. The molecule has 3 rings (SSSR count). The maximum atomic E-state index is 4.33. The highest BCUT2D eigenvalue weighted by Crippen LogP contribution is 2.42. The van der Waals surface area contributed by atoms with Crippen LogP contribution >= 0.6 is 0 Å². The van der Waals surface area contributed by atoms with Crippen LogP contribution in [0.1, 0.15) is 32.3 Å². The van der Waals surface area contributed by atoms with Gasteiger partial charge in [-0.2, -0.15) is 0 Å². The lowest BCUT2D eigenvalue weighted by atomic mass is 9.77. The van der Waals surface area contributed by atoms with Crippen LogP contribution < -0.4 is 10.6 Å². The van der Waals surface area contributed by atoms with Crippen molar-refractivity contribution in [3.8, 4) is 0 Å². The lowest BCUT2D eigenvalue weighted by Gasteiger charge is -2.36. The lowest BCUT2D eigenvalue weighted by molar-refractivity contribution is 0.409. The fourth-order valence-corrected chi connectivity index (χ4v) is 3.45. The predicted molar refractivity (Wildman–Crippen MR) is 108 cm³/mol. The molecule has 1 heterocycles. The number of rotatable bonds is 4. The molecule has 1 aliphatic carbocycles. The van der Waals surface area contributed by atoms with E-state index in [0.717, 1.165) is 22.7 Å². The van der Waals surface area contributed by atoms with Crippen molar-refractivity contribution >= 4 is 5.69 Å². The van der Waals surface area contributed by atoms with Crippen LogP contribution in [0.5, 0.6) is 0 Å². The summed E-state index contributed by atoms with van der Waals surface area (Å²) in [6.45, 7) is 19.1. The van der Waals surface area contributed by atoms with Crippen molar-refractivity contribution in [2.24, 2.45) is 11.3 Å². The van der Waals surface area contributed by atoms with Crippen molar-refractivity contribution in [2.45, 2.75) is 32.7 Å². The van der Waals surface area contributed by atoms with E-state index in [1.807, 2.05) is 0 Å². The molecule has 0 radical (unpaired) electrons. The Morgan fingerprint density at radius 2 is 1.80 bits per heavy atom. The average molecular weight is 332 g/mol. The predicted octanol–water partition coefficient (Wildman–Crippen LogP) is 5.53. The summed E-state index contributed by atoms with van der Waals surface area (Å²) in [5.74, 6) is 0.595. The lowest BCUT2D eigenvalue weighted by Crippen LogP contribution is -2.42. The molecule has 1 aromatic carbocycles. The molecule has 130 valence electrons. The summed E-state index contributed by atoms with van der Waals surface area (Å²) >= 11 is 0. The Bertz CT molecular complexity index is 779. The zero-order valence-electron chi connectivity index (χ0n) is 15.5. The van der Waals surface area contributed by atoms with Crippen LogP contribution in [0.15, 0.2) is 85.3 Å². The van der Waals surface area contributed by atoms with Crippen LogP contribution in [-0.4, -0.2) is 6.04 Å². The van der Waals surface area contributed by atoms with Crippen molar-refractivity contribution in [3.05, 3.63) is 90.8 Å². The molecule has 1 aromatic rings. The average Bonchev–Trinajstić information content (AvgIpc) is 2.70. The minimum atomic E-state index is -0.177. The van der Waals surface area contributed by atoms with Gasteiger partial charge in [0.05, 0.1) is 6.04 Å². The van der Waals surface area contributed by atoms with Gasteiger partial charge in [0, 0.05) is 34.3 Å². The number of allylic oxidation sites excluding steroid dienone is 4. The first-order valence-electron chi connectivity index (χ1n) is 8.84. The van der Waals surface area contributed by atoms with E-state index in [0.29, 0.717) is 5.92 Å². The highest BCUT2D eigenvalue weighted by Gasteiger charge is 2.36. The first kappa shape index (κ1) is 17.3. The molecule has 2 heteroatoms. The summed E-state index contributed by atoms with van der Waals surface area (Å²) < 4.78 is 0. The molecule has 3 atom stereocenters. The van der Waals surface area contributed by atoms with E-state index in [2.05, 4.69) is 99.7 Å². The molecule has 2 aliphatic rings.